The number of fused-ring (bicyclic) bond motifs is 1. The molecular formula is C23H25ClF2N2O6. The Labute approximate surface area is 200 Å². The number of hydrogen-bond donors (Lipinski definition) is 1. The molecule has 1 N–H and O–H groups in total. The van der Waals surface area contributed by atoms with Gasteiger partial charge in [0, 0.05) is 5.69 Å². The Bertz CT molecular complexity index is 974. The third-order valence-corrected chi connectivity index (χ3v) is 5.89. The van der Waals surface area contributed by atoms with E-state index in [4.69, 9.17) is 16.3 Å². The average molecular weight is 499 g/mol. The summed E-state index contributed by atoms with van der Waals surface area (Å²) in [6.45, 7) is -0.0359. The maximum absolute atomic E-state index is 12.9. The van der Waals surface area contributed by atoms with Crippen molar-refractivity contribution in [2.75, 3.05) is 11.9 Å². The van der Waals surface area contributed by atoms with Gasteiger partial charge in [-0.1, -0.05) is 37.6 Å². The number of hydrogen-bond acceptors (Lipinski definition) is 6. The van der Waals surface area contributed by atoms with Crippen LogP contribution in [0.15, 0.2) is 30.4 Å². The fraction of sp³-hybridized carbons (Fsp3) is 0.478. The molecule has 0 spiro atoms. The highest BCUT2D eigenvalue weighted by Gasteiger charge is 2.51. The Morgan fingerprint density at radius 3 is 2.29 bits per heavy atom. The summed E-state index contributed by atoms with van der Waals surface area (Å²) in [6, 6.07) is 2.53. The van der Waals surface area contributed by atoms with Crippen LogP contribution in [-0.2, 0) is 23.9 Å². The fourth-order valence-corrected chi connectivity index (χ4v) is 4.31. The predicted octanol–water partition coefficient (Wildman–Crippen LogP) is 3.79. The maximum atomic E-state index is 12.9. The van der Waals surface area contributed by atoms with Gasteiger partial charge in [-0.2, -0.15) is 8.78 Å². The van der Waals surface area contributed by atoms with Gasteiger partial charge in [-0.3, -0.25) is 19.3 Å². The fourth-order valence-electron chi connectivity index (χ4n) is 4.09. The van der Waals surface area contributed by atoms with Crippen LogP contribution >= 0.6 is 11.6 Å². The number of alkyl halides is 2. The zero-order valence-electron chi connectivity index (χ0n) is 18.6. The minimum atomic E-state index is -3.05. The zero-order chi connectivity index (χ0) is 25.0. The molecule has 184 valence electrons. The van der Waals surface area contributed by atoms with Crippen LogP contribution in [0.5, 0.6) is 5.75 Å². The van der Waals surface area contributed by atoms with Gasteiger partial charge in [-0.15, -0.1) is 0 Å². The van der Waals surface area contributed by atoms with Crippen LogP contribution in [0.2, 0.25) is 5.02 Å². The first-order valence-corrected chi connectivity index (χ1v) is 11.2. The summed E-state index contributed by atoms with van der Waals surface area (Å²) in [7, 11) is 0. The zero-order valence-corrected chi connectivity index (χ0v) is 19.4. The first-order valence-electron chi connectivity index (χ1n) is 10.8. The third kappa shape index (κ3) is 5.91. The predicted molar refractivity (Wildman–Crippen MR) is 118 cm³/mol. The number of nitrogens with one attached hydrogen (secondary N) is 1. The van der Waals surface area contributed by atoms with E-state index < -0.39 is 54.8 Å². The second-order valence-electron chi connectivity index (χ2n) is 8.53. The number of imide groups is 1. The van der Waals surface area contributed by atoms with Crippen LogP contribution in [0.25, 0.3) is 0 Å². The van der Waals surface area contributed by atoms with Crippen molar-refractivity contribution in [1.29, 1.82) is 0 Å². The van der Waals surface area contributed by atoms with E-state index in [-0.39, 0.29) is 28.8 Å². The molecule has 3 amide bonds. The lowest BCUT2D eigenvalue weighted by atomic mass is 9.85. The van der Waals surface area contributed by atoms with E-state index in [1.165, 1.54) is 12.1 Å². The number of benzene rings is 1. The number of ether oxygens (including phenoxy) is 2. The first-order chi connectivity index (χ1) is 16.1. The normalized spacial score (nSPS) is 20.5. The van der Waals surface area contributed by atoms with Gasteiger partial charge in [-0.05, 0) is 43.4 Å². The van der Waals surface area contributed by atoms with E-state index in [0.29, 0.717) is 12.8 Å². The number of carbonyl (C=O) groups is 4. The summed E-state index contributed by atoms with van der Waals surface area (Å²) in [5.74, 6) is -3.60. The summed E-state index contributed by atoms with van der Waals surface area (Å²) < 4.78 is 34.0. The van der Waals surface area contributed by atoms with E-state index >= 15 is 0 Å². The molecule has 0 bridgehead atoms. The maximum Gasteiger partial charge on any atom is 0.387 e. The van der Waals surface area contributed by atoms with E-state index in [1.807, 2.05) is 26.0 Å². The van der Waals surface area contributed by atoms with Crippen molar-refractivity contribution in [3.05, 3.63) is 35.4 Å². The number of esters is 1. The van der Waals surface area contributed by atoms with Crippen molar-refractivity contribution >= 4 is 41.0 Å². The van der Waals surface area contributed by atoms with E-state index in [0.717, 1.165) is 11.0 Å². The molecule has 11 heteroatoms. The lowest BCUT2D eigenvalue weighted by Gasteiger charge is -2.26. The van der Waals surface area contributed by atoms with Crippen molar-refractivity contribution in [2.24, 2.45) is 17.8 Å². The molecule has 34 heavy (non-hydrogen) atoms. The number of halogens is 3. The van der Waals surface area contributed by atoms with Crippen LogP contribution in [0.3, 0.4) is 0 Å². The second kappa shape index (κ2) is 10.9. The van der Waals surface area contributed by atoms with Gasteiger partial charge in [0.25, 0.3) is 5.91 Å². The molecule has 1 aliphatic heterocycles. The summed E-state index contributed by atoms with van der Waals surface area (Å²) in [5.41, 5.74) is 0.174. The van der Waals surface area contributed by atoms with Gasteiger partial charge in [0.15, 0.2) is 6.61 Å². The molecule has 1 aromatic rings. The molecule has 3 unspecified atom stereocenters. The SMILES string of the molecule is CC(C)CC(C(=O)OCC(=O)Nc1ccc(OC(F)F)c(Cl)c1)N1C(=O)C2CC=CCC2C1=O. The monoisotopic (exact) mass is 498 g/mol. The molecule has 0 saturated carbocycles. The molecule has 0 radical (unpaired) electrons. The number of anilines is 1. The number of amides is 3. The second-order valence-corrected chi connectivity index (χ2v) is 8.93. The molecule has 1 heterocycles. The van der Waals surface area contributed by atoms with E-state index in [1.54, 1.807) is 0 Å². The molecular weight excluding hydrogens is 474 g/mol. The third-order valence-electron chi connectivity index (χ3n) is 5.60. The van der Waals surface area contributed by atoms with Crippen LogP contribution in [0.1, 0.15) is 33.1 Å². The quantitative estimate of drug-likeness (QED) is 0.316. The van der Waals surface area contributed by atoms with Crippen LogP contribution < -0.4 is 10.1 Å². The summed E-state index contributed by atoms with van der Waals surface area (Å²) in [6.07, 6.45) is 4.80. The average Bonchev–Trinajstić information content (AvgIpc) is 3.02. The molecule has 0 aromatic heterocycles. The van der Waals surface area contributed by atoms with E-state index in [2.05, 4.69) is 10.1 Å². The largest absolute Gasteiger partial charge is 0.454 e. The van der Waals surface area contributed by atoms with Crippen molar-refractivity contribution in [3.8, 4) is 5.75 Å². The highest BCUT2D eigenvalue weighted by Crippen LogP contribution is 2.37. The van der Waals surface area contributed by atoms with E-state index in [9.17, 15) is 28.0 Å². The molecule has 3 atom stereocenters. The minimum Gasteiger partial charge on any atom is -0.454 e. The van der Waals surface area contributed by atoms with Gasteiger partial charge in [0.2, 0.25) is 11.8 Å². The van der Waals surface area contributed by atoms with Gasteiger partial charge in [-0.25, -0.2) is 4.79 Å². The number of rotatable bonds is 9. The Morgan fingerprint density at radius 1 is 1.15 bits per heavy atom. The van der Waals surface area contributed by atoms with Crippen molar-refractivity contribution in [2.45, 2.75) is 45.8 Å². The van der Waals surface area contributed by atoms with Crippen molar-refractivity contribution in [1.82, 2.24) is 4.90 Å². The summed E-state index contributed by atoms with van der Waals surface area (Å²) >= 11 is 5.86. The number of nitrogens with zero attached hydrogens (tertiary/aromatic N) is 1. The minimum absolute atomic E-state index is 0.0242. The standard InChI is InChI=1S/C23H25ClF2N2O6/c1-12(2)9-17(28-20(30)14-5-3-4-6-15(14)21(28)31)22(32)33-11-19(29)27-13-7-8-18(16(24)10-13)34-23(25)26/h3-4,7-8,10,12,14-15,17,23H,5-6,9,11H2,1-2H3,(H,27,29). The highest BCUT2D eigenvalue weighted by molar-refractivity contribution is 6.32. The number of carbonyl (C=O) groups excluding carboxylic acids is 4. The molecule has 1 aromatic carbocycles. The van der Waals surface area contributed by atoms with Crippen LogP contribution in [0.4, 0.5) is 14.5 Å². The van der Waals surface area contributed by atoms with Crippen molar-refractivity contribution < 1.29 is 37.4 Å². The summed E-state index contributed by atoms with van der Waals surface area (Å²) in [4.78, 5) is 51.9. The molecule has 1 aliphatic carbocycles. The highest BCUT2D eigenvalue weighted by atomic mass is 35.5. The van der Waals surface area contributed by atoms with Crippen molar-refractivity contribution in [3.63, 3.8) is 0 Å². The molecule has 2 aliphatic rings. The van der Waals surface area contributed by atoms with Gasteiger partial charge >= 0.3 is 12.6 Å². The topological polar surface area (TPSA) is 102 Å². The Kier molecular flexibility index (Phi) is 8.24. The summed E-state index contributed by atoms with van der Waals surface area (Å²) in [5, 5.41) is 2.28. The lowest BCUT2D eigenvalue weighted by molar-refractivity contribution is -0.160. The van der Waals surface area contributed by atoms with Crippen LogP contribution in [0, 0.1) is 17.8 Å². The molecule has 8 nitrogen and oxygen atoms in total. The Balaban J connectivity index is 1.63. The Morgan fingerprint density at radius 2 is 1.76 bits per heavy atom. The van der Waals surface area contributed by atoms with Gasteiger partial charge in [0.05, 0.1) is 16.9 Å². The Hall–Kier alpha value is -3.01. The molecule has 3 rings (SSSR count). The lowest BCUT2D eigenvalue weighted by Crippen LogP contribution is -2.47. The molecule has 1 saturated heterocycles. The molecule has 1 fully saturated rings. The van der Waals surface area contributed by atoms with Gasteiger partial charge < -0.3 is 14.8 Å². The van der Waals surface area contributed by atoms with Gasteiger partial charge in [0.1, 0.15) is 11.8 Å². The number of likely N-dealkylation sites (tertiary alicyclic amines) is 1. The number of allylic oxidation sites excluding steroid dienone is 2. The smallest absolute Gasteiger partial charge is 0.387 e. The first kappa shape index (κ1) is 25.6. The van der Waals surface area contributed by atoms with Crippen LogP contribution in [-0.4, -0.2) is 47.9 Å².